The maximum atomic E-state index is 13.9. The minimum absolute atomic E-state index is 0.00472. The normalized spacial score (nSPS) is 43.5. The number of fused-ring (bicyclic) bond motifs is 3. The van der Waals surface area contributed by atoms with E-state index in [-0.39, 0.29) is 34.2 Å². The summed E-state index contributed by atoms with van der Waals surface area (Å²) < 4.78 is 5.76. The number of rotatable bonds is 3. The van der Waals surface area contributed by atoms with Crippen LogP contribution in [0.1, 0.15) is 48.0 Å². The van der Waals surface area contributed by atoms with E-state index in [0.717, 1.165) is 12.0 Å². The Bertz CT molecular complexity index is 924. The van der Waals surface area contributed by atoms with Crippen molar-refractivity contribution in [3.63, 3.8) is 0 Å². The average Bonchev–Trinajstić information content (AvgIpc) is 3.18. The second-order valence-electron chi connectivity index (χ2n) is 10.5. The summed E-state index contributed by atoms with van der Waals surface area (Å²) in [6, 6.07) is 0. The molecule has 0 saturated heterocycles. The Morgan fingerprint density at radius 3 is 2.55 bits per heavy atom. The predicted molar refractivity (Wildman–Crippen MR) is 115 cm³/mol. The molecule has 6 nitrogen and oxygen atoms in total. The number of hydrogen-bond acceptors (Lipinski definition) is 6. The molecule has 0 heterocycles. The van der Waals surface area contributed by atoms with Gasteiger partial charge in [0.15, 0.2) is 11.4 Å². The Balaban J connectivity index is 1.90. The molecule has 6 heteroatoms. The number of carbonyl (C=O) groups excluding carboxylic acids is 2. The van der Waals surface area contributed by atoms with Gasteiger partial charge in [0.25, 0.3) is 0 Å². The zero-order valence-corrected chi connectivity index (χ0v) is 19.2. The van der Waals surface area contributed by atoms with Crippen LogP contribution in [0.25, 0.3) is 0 Å². The maximum Gasteiger partial charge on any atom is 0.333 e. The van der Waals surface area contributed by atoms with E-state index >= 15 is 0 Å². The molecule has 4 rings (SSSR count). The molecule has 4 aliphatic carbocycles. The predicted octanol–water partition coefficient (Wildman–Crippen LogP) is 2.33. The minimum atomic E-state index is -2.08. The van der Waals surface area contributed by atoms with Gasteiger partial charge >= 0.3 is 5.97 Å². The van der Waals surface area contributed by atoms with Crippen LogP contribution in [0, 0.1) is 35.0 Å². The van der Waals surface area contributed by atoms with E-state index in [1.54, 1.807) is 26.0 Å². The van der Waals surface area contributed by atoms with Gasteiger partial charge in [0.2, 0.25) is 0 Å². The largest absolute Gasteiger partial charge is 0.455 e. The van der Waals surface area contributed by atoms with E-state index in [1.165, 1.54) is 0 Å². The summed E-state index contributed by atoms with van der Waals surface area (Å²) in [4.78, 5) is 26.5. The number of ether oxygens (including phenoxy) is 1. The van der Waals surface area contributed by atoms with Crippen LogP contribution in [0.15, 0.2) is 34.4 Å². The van der Waals surface area contributed by atoms with Gasteiger partial charge in [0, 0.05) is 23.0 Å². The molecule has 0 amide bonds. The summed E-state index contributed by atoms with van der Waals surface area (Å²) in [7, 11) is 0. The molecule has 0 aromatic rings. The summed E-state index contributed by atoms with van der Waals surface area (Å²) >= 11 is 0. The lowest BCUT2D eigenvalue weighted by molar-refractivity contribution is -0.169. The van der Waals surface area contributed by atoms with Gasteiger partial charge in [-0.1, -0.05) is 45.4 Å². The zero-order valence-electron chi connectivity index (χ0n) is 19.2. The lowest BCUT2D eigenvalue weighted by Crippen LogP contribution is -2.55. The lowest BCUT2D eigenvalue weighted by atomic mass is 9.78. The molecule has 0 aromatic carbocycles. The van der Waals surface area contributed by atoms with E-state index in [4.69, 9.17) is 4.74 Å². The number of hydrogen-bond donors (Lipinski definition) is 3. The quantitative estimate of drug-likeness (QED) is 0.361. The maximum absolute atomic E-state index is 13.9. The Labute approximate surface area is 183 Å². The van der Waals surface area contributed by atoms with Gasteiger partial charge in [-0.15, -0.1) is 0 Å². The van der Waals surface area contributed by atoms with Gasteiger partial charge in [0.05, 0.1) is 6.61 Å². The summed E-state index contributed by atoms with van der Waals surface area (Å²) in [5.41, 5.74) is -0.542. The fraction of sp³-hybridized carbons (Fsp3) is 0.680. The molecule has 0 aliphatic heterocycles. The molecule has 170 valence electrons. The number of allylic oxidation sites excluding steroid dienone is 2. The summed E-state index contributed by atoms with van der Waals surface area (Å²) in [6.07, 6.45) is 1.51. The highest BCUT2D eigenvalue weighted by atomic mass is 16.6. The first-order chi connectivity index (χ1) is 14.4. The Morgan fingerprint density at radius 2 is 1.97 bits per heavy atom. The standard InChI is InChI=1S/C25H34O6/c1-7-11(2)23(29)31-22-13(4)17-12(3)8-16-18(24(16,5)6)15-9-14(10-26)21(28)25(22,30)19(17)20(15)27/h7,9,12-13,15-16,18,21-22,26,28,30H,8,10H2,1-6H3/t12-,13?,15+,16?,18+,21-,22+,25+/m1/s1. The Kier molecular flexibility index (Phi) is 5.15. The van der Waals surface area contributed by atoms with E-state index in [1.807, 2.05) is 6.92 Å². The van der Waals surface area contributed by atoms with Crippen molar-refractivity contribution in [2.75, 3.05) is 6.61 Å². The van der Waals surface area contributed by atoms with Crippen LogP contribution in [-0.2, 0) is 14.3 Å². The monoisotopic (exact) mass is 430 g/mol. The molecule has 31 heavy (non-hydrogen) atoms. The smallest absolute Gasteiger partial charge is 0.333 e. The third kappa shape index (κ3) is 2.87. The molecule has 2 unspecified atom stereocenters. The first kappa shape index (κ1) is 22.4. The van der Waals surface area contributed by atoms with E-state index in [2.05, 4.69) is 20.8 Å². The van der Waals surface area contributed by atoms with Gasteiger partial charge in [-0.25, -0.2) is 4.79 Å². The van der Waals surface area contributed by atoms with Crippen molar-refractivity contribution in [1.29, 1.82) is 0 Å². The van der Waals surface area contributed by atoms with Crippen LogP contribution in [0.4, 0.5) is 0 Å². The number of carbonyl (C=O) groups is 2. The molecule has 4 aliphatic rings. The van der Waals surface area contributed by atoms with Crippen molar-refractivity contribution in [2.45, 2.75) is 65.8 Å². The third-order valence-corrected chi connectivity index (χ3v) is 8.61. The van der Waals surface area contributed by atoms with E-state index in [0.29, 0.717) is 11.5 Å². The van der Waals surface area contributed by atoms with Crippen LogP contribution in [0.2, 0.25) is 0 Å². The fourth-order valence-corrected chi connectivity index (χ4v) is 6.70. The van der Waals surface area contributed by atoms with Gasteiger partial charge in [-0.2, -0.15) is 0 Å². The number of aliphatic hydroxyl groups excluding tert-OH is 2. The third-order valence-electron chi connectivity index (χ3n) is 8.61. The minimum Gasteiger partial charge on any atom is -0.455 e. The Hall–Kier alpha value is -1.76. The van der Waals surface area contributed by atoms with Crippen LogP contribution < -0.4 is 0 Å². The number of ketones is 1. The number of aliphatic hydroxyl groups is 3. The molecule has 2 bridgehead atoms. The number of esters is 1. The van der Waals surface area contributed by atoms with Gasteiger partial charge in [0.1, 0.15) is 12.2 Å². The SMILES string of the molecule is CC=C(C)C(=O)O[C@H]1C(C)C2=C3C(=O)[C@@H](C=C(CO)[C@@H](O)[C@@]31O)[C@H]1C(C[C@H]2C)C1(C)C. The summed E-state index contributed by atoms with van der Waals surface area (Å²) in [5, 5.41) is 33.3. The first-order valence-electron chi connectivity index (χ1n) is 11.3. The van der Waals surface area contributed by atoms with Gasteiger partial charge in [-0.05, 0) is 49.0 Å². The first-order valence-corrected chi connectivity index (χ1v) is 11.3. The van der Waals surface area contributed by atoms with Crippen molar-refractivity contribution in [3.05, 3.63) is 34.4 Å². The summed E-state index contributed by atoms with van der Waals surface area (Å²) in [5.74, 6) is -1.30. The molecule has 0 radical (unpaired) electrons. The second-order valence-corrected chi connectivity index (χ2v) is 10.5. The highest BCUT2D eigenvalue weighted by molar-refractivity contribution is 6.03. The van der Waals surface area contributed by atoms with Gasteiger partial charge in [-0.3, -0.25) is 4.79 Å². The molecule has 1 fully saturated rings. The van der Waals surface area contributed by atoms with Gasteiger partial charge < -0.3 is 20.1 Å². The molecule has 1 saturated carbocycles. The lowest BCUT2D eigenvalue weighted by Gasteiger charge is -2.37. The second kappa shape index (κ2) is 7.12. The van der Waals surface area contributed by atoms with Crippen molar-refractivity contribution < 1.29 is 29.6 Å². The molecule has 0 spiro atoms. The van der Waals surface area contributed by atoms with Crippen LogP contribution >= 0.6 is 0 Å². The van der Waals surface area contributed by atoms with Crippen LogP contribution in [0.3, 0.4) is 0 Å². The molecular formula is C25H34O6. The average molecular weight is 431 g/mol. The van der Waals surface area contributed by atoms with Crippen molar-refractivity contribution in [1.82, 2.24) is 0 Å². The number of Topliss-reactive ketones (excluding diaryl/α,β-unsaturated/α-hetero) is 1. The Morgan fingerprint density at radius 1 is 1.32 bits per heavy atom. The molecule has 3 N–H and O–H groups in total. The van der Waals surface area contributed by atoms with Crippen molar-refractivity contribution in [3.8, 4) is 0 Å². The van der Waals surface area contributed by atoms with Crippen molar-refractivity contribution >= 4 is 11.8 Å². The molecular weight excluding hydrogens is 396 g/mol. The molecule has 0 aromatic heterocycles. The fourth-order valence-electron chi connectivity index (χ4n) is 6.70. The van der Waals surface area contributed by atoms with E-state index in [9.17, 15) is 24.9 Å². The highest BCUT2D eigenvalue weighted by Gasteiger charge is 2.69. The van der Waals surface area contributed by atoms with Crippen LogP contribution in [-0.4, -0.2) is 51.5 Å². The van der Waals surface area contributed by atoms with Crippen molar-refractivity contribution in [2.24, 2.45) is 35.0 Å². The highest BCUT2D eigenvalue weighted by Crippen LogP contribution is 2.68. The van der Waals surface area contributed by atoms with Crippen LogP contribution in [0.5, 0.6) is 0 Å². The zero-order chi connectivity index (χ0) is 23.0. The molecule has 8 atom stereocenters. The summed E-state index contributed by atoms with van der Waals surface area (Å²) in [6.45, 7) is 11.1. The topological polar surface area (TPSA) is 104 Å². The van der Waals surface area contributed by atoms with E-state index < -0.39 is 42.2 Å².